The highest BCUT2D eigenvalue weighted by atomic mass is 32.1. The molecule has 0 bridgehead atoms. The second-order valence-electron chi connectivity index (χ2n) is 5.90. The Labute approximate surface area is 167 Å². The molecular weight excluding hydrogens is 374 g/mol. The number of benzene rings is 1. The lowest BCUT2D eigenvalue weighted by molar-refractivity contribution is -0.116. The van der Waals surface area contributed by atoms with Crippen LogP contribution in [0.3, 0.4) is 0 Å². The van der Waals surface area contributed by atoms with Crippen LogP contribution in [0, 0.1) is 0 Å². The second-order valence-corrected chi connectivity index (χ2v) is 6.88. The SMILES string of the molecule is CCOc1ccc(-c2cc(=O)n(CCNC(=O)/C=C/c3cccs3)cn2)cc1. The fourth-order valence-corrected chi connectivity index (χ4v) is 3.16. The zero-order chi connectivity index (χ0) is 19.8. The summed E-state index contributed by atoms with van der Waals surface area (Å²) in [5.74, 6) is 0.587. The summed E-state index contributed by atoms with van der Waals surface area (Å²) < 4.78 is 6.89. The quantitative estimate of drug-likeness (QED) is 0.595. The second kappa shape index (κ2) is 9.66. The van der Waals surface area contributed by atoms with Crippen molar-refractivity contribution in [2.75, 3.05) is 13.2 Å². The Morgan fingerprint density at radius 3 is 2.79 bits per heavy atom. The molecule has 1 aromatic carbocycles. The van der Waals surface area contributed by atoms with Crippen molar-refractivity contribution in [1.29, 1.82) is 0 Å². The number of hydrogen-bond acceptors (Lipinski definition) is 5. The monoisotopic (exact) mass is 395 g/mol. The van der Waals surface area contributed by atoms with Crippen molar-refractivity contribution in [2.24, 2.45) is 0 Å². The average Bonchev–Trinajstić information content (AvgIpc) is 3.22. The van der Waals surface area contributed by atoms with Crippen molar-refractivity contribution in [3.05, 3.63) is 75.5 Å². The number of hydrogen-bond donors (Lipinski definition) is 1. The van der Waals surface area contributed by atoms with E-state index in [1.807, 2.05) is 48.7 Å². The fourth-order valence-electron chi connectivity index (χ4n) is 2.54. The topological polar surface area (TPSA) is 73.2 Å². The van der Waals surface area contributed by atoms with Crippen LogP contribution in [0.5, 0.6) is 5.75 Å². The van der Waals surface area contributed by atoms with Crippen LogP contribution in [0.25, 0.3) is 17.3 Å². The molecule has 2 heterocycles. The summed E-state index contributed by atoms with van der Waals surface area (Å²) in [6.45, 7) is 3.23. The van der Waals surface area contributed by atoms with Gasteiger partial charge in [-0.1, -0.05) is 6.07 Å². The first-order valence-electron chi connectivity index (χ1n) is 8.95. The lowest BCUT2D eigenvalue weighted by atomic mass is 10.1. The maximum absolute atomic E-state index is 12.3. The van der Waals surface area contributed by atoms with E-state index in [2.05, 4.69) is 10.3 Å². The van der Waals surface area contributed by atoms with Gasteiger partial charge in [0.25, 0.3) is 5.56 Å². The van der Waals surface area contributed by atoms with E-state index in [0.717, 1.165) is 16.2 Å². The van der Waals surface area contributed by atoms with Crippen molar-refractivity contribution >= 4 is 23.3 Å². The van der Waals surface area contributed by atoms with Gasteiger partial charge in [-0.3, -0.25) is 14.2 Å². The van der Waals surface area contributed by atoms with E-state index >= 15 is 0 Å². The molecule has 28 heavy (non-hydrogen) atoms. The van der Waals surface area contributed by atoms with Crippen LogP contribution >= 0.6 is 11.3 Å². The molecule has 0 aliphatic heterocycles. The van der Waals surface area contributed by atoms with Gasteiger partial charge in [-0.2, -0.15) is 0 Å². The molecule has 144 valence electrons. The highest BCUT2D eigenvalue weighted by Crippen LogP contribution is 2.19. The van der Waals surface area contributed by atoms with Gasteiger partial charge in [0.1, 0.15) is 5.75 Å². The molecule has 3 rings (SSSR count). The molecule has 0 radical (unpaired) electrons. The van der Waals surface area contributed by atoms with Gasteiger partial charge in [-0.25, -0.2) is 4.98 Å². The lowest BCUT2D eigenvalue weighted by Crippen LogP contribution is -2.29. The maximum Gasteiger partial charge on any atom is 0.253 e. The number of carbonyl (C=O) groups is 1. The van der Waals surface area contributed by atoms with Gasteiger partial charge in [0.15, 0.2) is 0 Å². The first-order chi connectivity index (χ1) is 13.7. The van der Waals surface area contributed by atoms with Crippen LogP contribution < -0.4 is 15.6 Å². The Kier molecular flexibility index (Phi) is 6.75. The normalized spacial score (nSPS) is 10.9. The lowest BCUT2D eigenvalue weighted by Gasteiger charge is -2.08. The summed E-state index contributed by atoms with van der Waals surface area (Å²) in [5, 5.41) is 4.72. The van der Waals surface area contributed by atoms with Crippen LogP contribution in [-0.4, -0.2) is 28.6 Å². The molecule has 0 saturated heterocycles. The zero-order valence-electron chi connectivity index (χ0n) is 15.5. The number of nitrogens with one attached hydrogen (secondary N) is 1. The average molecular weight is 395 g/mol. The molecule has 0 atom stereocenters. The molecule has 0 aliphatic carbocycles. The van der Waals surface area contributed by atoms with Gasteiger partial charge in [0.2, 0.25) is 5.91 Å². The van der Waals surface area contributed by atoms with Gasteiger partial charge in [-0.15, -0.1) is 11.3 Å². The first kappa shape index (κ1) is 19.6. The Hall–Kier alpha value is -3.19. The third kappa shape index (κ3) is 5.40. The van der Waals surface area contributed by atoms with E-state index in [-0.39, 0.29) is 11.5 Å². The van der Waals surface area contributed by atoms with Crippen LogP contribution in [0.2, 0.25) is 0 Å². The minimum Gasteiger partial charge on any atom is -0.494 e. The fraction of sp³-hybridized carbons (Fsp3) is 0.190. The van der Waals surface area contributed by atoms with Crippen molar-refractivity contribution in [3.8, 4) is 17.0 Å². The third-order valence-electron chi connectivity index (χ3n) is 3.93. The summed E-state index contributed by atoms with van der Waals surface area (Å²) in [6.07, 6.45) is 4.75. The van der Waals surface area contributed by atoms with Crippen LogP contribution in [0.15, 0.2) is 65.0 Å². The van der Waals surface area contributed by atoms with Crippen molar-refractivity contribution in [1.82, 2.24) is 14.9 Å². The molecular formula is C21H21N3O3S. The molecule has 0 aliphatic rings. The Bertz CT molecular complexity index is 992. The number of rotatable bonds is 8. The molecule has 1 amide bonds. The molecule has 2 aromatic heterocycles. The molecule has 3 aromatic rings. The maximum atomic E-state index is 12.3. The molecule has 0 spiro atoms. The van der Waals surface area contributed by atoms with E-state index in [1.54, 1.807) is 17.4 Å². The van der Waals surface area contributed by atoms with Gasteiger partial charge in [0.05, 0.1) is 18.6 Å². The van der Waals surface area contributed by atoms with E-state index < -0.39 is 0 Å². The van der Waals surface area contributed by atoms with E-state index in [4.69, 9.17) is 4.74 Å². The number of carbonyl (C=O) groups excluding carboxylic acids is 1. The number of amides is 1. The zero-order valence-corrected chi connectivity index (χ0v) is 16.3. The van der Waals surface area contributed by atoms with Crippen LogP contribution in [0.4, 0.5) is 0 Å². The standard InChI is InChI=1S/C21H21N3O3S/c1-2-27-17-7-5-16(6-8-17)19-14-21(26)24(15-23-19)12-11-22-20(25)10-9-18-4-3-13-28-18/h3-10,13-15H,2,11-12H2,1H3,(H,22,25)/b10-9+. The minimum atomic E-state index is -0.194. The van der Waals surface area contributed by atoms with Gasteiger partial charge in [0, 0.05) is 35.7 Å². The highest BCUT2D eigenvalue weighted by molar-refractivity contribution is 7.10. The van der Waals surface area contributed by atoms with Gasteiger partial charge in [-0.05, 0) is 48.7 Å². The smallest absolute Gasteiger partial charge is 0.253 e. The van der Waals surface area contributed by atoms with Gasteiger partial charge >= 0.3 is 0 Å². The summed E-state index contributed by atoms with van der Waals surface area (Å²) >= 11 is 1.56. The number of nitrogens with zero attached hydrogens (tertiary/aromatic N) is 2. The number of ether oxygens (including phenoxy) is 1. The summed E-state index contributed by atoms with van der Waals surface area (Å²) in [6, 6.07) is 12.8. The van der Waals surface area contributed by atoms with E-state index in [1.165, 1.54) is 23.0 Å². The summed E-state index contributed by atoms with van der Waals surface area (Å²) in [7, 11) is 0. The largest absolute Gasteiger partial charge is 0.494 e. The molecule has 0 saturated carbocycles. The third-order valence-corrected chi connectivity index (χ3v) is 4.77. The van der Waals surface area contributed by atoms with Crippen LogP contribution in [0.1, 0.15) is 11.8 Å². The molecule has 7 heteroatoms. The van der Waals surface area contributed by atoms with E-state index in [0.29, 0.717) is 25.4 Å². The predicted molar refractivity (Wildman–Crippen MR) is 111 cm³/mol. The number of aromatic nitrogens is 2. The molecule has 1 N–H and O–H groups in total. The summed E-state index contributed by atoms with van der Waals surface area (Å²) in [4.78, 5) is 29.5. The highest BCUT2D eigenvalue weighted by Gasteiger charge is 2.04. The minimum absolute atomic E-state index is 0.165. The van der Waals surface area contributed by atoms with Crippen molar-refractivity contribution < 1.29 is 9.53 Å². The van der Waals surface area contributed by atoms with Crippen LogP contribution in [-0.2, 0) is 11.3 Å². The van der Waals surface area contributed by atoms with E-state index in [9.17, 15) is 9.59 Å². The molecule has 0 unspecified atom stereocenters. The Balaban J connectivity index is 1.55. The molecule has 0 fully saturated rings. The van der Waals surface area contributed by atoms with Gasteiger partial charge < -0.3 is 10.1 Å². The predicted octanol–water partition coefficient (Wildman–Crippen LogP) is 3.20. The Morgan fingerprint density at radius 1 is 1.29 bits per heavy atom. The van der Waals surface area contributed by atoms with Crippen molar-refractivity contribution in [3.63, 3.8) is 0 Å². The van der Waals surface area contributed by atoms with Crippen molar-refractivity contribution in [2.45, 2.75) is 13.5 Å². The Morgan fingerprint density at radius 2 is 2.11 bits per heavy atom. The molecule has 6 nitrogen and oxygen atoms in total. The summed E-state index contributed by atoms with van der Waals surface area (Å²) in [5.41, 5.74) is 1.29. The first-order valence-corrected chi connectivity index (χ1v) is 9.83. The number of thiophene rings is 1.